The number of nitro benzene ring substituents is 1. The van der Waals surface area contributed by atoms with E-state index in [1.165, 1.54) is 0 Å². The van der Waals surface area contributed by atoms with Gasteiger partial charge in [-0.2, -0.15) is 8.78 Å². The number of hydrogen-bond acceptors (Lipinski definition) is 4. The molecule has 1 N–H and O–H groups in total. The molecule has 18 heavy (non-hydrogen) atoms. The number of carboxylic acid groups (broad SMARTS) is 1. The number of rotatable bonds is 5. The van der Waals surface area contributed by atoms with Crippen LogP contribution in [0.1, 0.15) is 5.56 Å². The van der Waals surface area contributed by atoms with Gasteiger partial charge in [-0.15, -0.1) is 0 Å². The minimum absolute atomic E-state index is 0.343. The van der Waals surface area contributed by atoms with Gasteiger partial charge in [0.15, 0.2) is 0 Å². The fourth-order valence-electron chi connectivity index (χ4n) is 1.22. The molecule has 0 spiro atoms. The number of nitro groups is 1. The number of carbonyl (C=O) groups is 1. The standard InChI is InChI=1S/C9H6F3NO5/c10-5-3-6(13(16)17)7(18-9(11)12)1-4(5)2-8(14)15/h1,3,9H,2H2,(H,14,15). The topological polar surface area (TPSA) is 89.7 Å². The van der Waals surface area contributed by atoms with E-state index in [0.717, 1.165) is 0 Å². The highest BCUT2D eigenvalue weighted by atomic mass is 19.3. The third-order valence-corrected chi connectivity index (χ3v) is 1.88. The average Bonchev–Trinajstić information content (AvgIpc) is 2.20. The summed E-state index contributed by atoms with van der Waals surface area (Å²) >= 11 is 0. The minimum Gasteiger partial charge on any atom is -0.481 e. The highest BCUT2D eigenvalue weighted by molar-refractivity contribution is 5.71. The second-order valence-corrected chi connectivity index (χ2v) is 3.12. The lowest BCUT2D eigenvalue weighted by molar-refractivity contribution is -0.386. The van der Waals surface area contributed by atoms with Crippen LogP contribution in [0.2, 0.25) is 0 Å². The molecule has 0 fully saturated rings. The number of nitrogens with zero attached hydrogens (tertiary/aromatic N) is 1. The third-order valence-electron chi connectivity index (χ3n) is 1.88. The number of hydrogen-bond donors (Lipinski definition) is 1. The Balaban J connectivity index is 3.25. The molecule has 0 aromatic heterocycles. The molecule has 0 aliphatic rings. The van der Waals surface area contributed by atoms with Crippen molar-refractivity contribution in [2.45, 2.75) is 13.0 Å². The molecule has 1 aromatic carbocycles. The fraction of sp³-hybridized carbons (Fsp3) is 0.222. The van der Waals surface area contributed by atoms with Crippen molar-refractivity contribution < 1.29 is 32.7 Å². The summed E-state index contributed by atoms with van der Waals surface area (Å²) < 4.78 is 41.1. The van der Waals surface area contributed by atoms with E-state index in [4.69, 9.17) is 5.11 Å². The summed E-state index contributed by atoms with van der Waals surface area (Å²) in [5, 5.41) is 18.9. The summed E-state index contributed by atoms with van der Waals surface area (Å²) in [6.45, 7) is -3.34. The normalized spacial score (nSPS) is 10.4. The first-order valence-corrected chi connectivity index (χ1v) is 4.44. The Morgan fingerprint density at radius 1 is 1.50 bits per heavy atom. The predicted octanol–water partition coefficient (Wildman–Crippen LogP) is 1.96. The van der Waals surface area contributed by atoms with Gasteiger partial charge in [0.05, 0.1) is 17.4 Å². The Labute approximate surface area is 97.7 Å². The van der Waals surface area contributed by atoms with Gasteiger partial charge in [0.2, 0.25) is 5.75 Å². The molecule has 0 amide bonds. The van der Waals surface area contributed by atoms with Crippen LogP contribution in [0.15, 0.2) is 12.1 Å². The molecule has 0 atom stereocenters. The van der Waals surface area contributed by atoms with Gasteiger partial charge in [-0.05, 0) is 6.07 Å². The first-order valence-electron chi connectivity index (χ1n) is 4.44. The van der Waals surface area contributed by atoms with Gasteiger partial charge in [0.1, 0.15) is 5.82 Å². The maximum Gasteiger partial charge on any atom is 0.387 e. The molecule has 0 aliphatic heterocycles. The molecule has 9 heteroatoms. The van der Waals surface area contributed by atoms with Gasteiger partial charge in [0, 0.05) is 5.56 Å². The van der Waals surface area contributed by atoms with Gasteiger partial charge in [0.25, 0.3) is 0 Å². The lowest BCUT2D eigenvalue weighted by Gasteiger charge is -2.07. The first-order chi connectivity index (χ1) is 8.31. The highest BCUT2D eigenvalue weighted by Gasteiger charge is 2.23. The van der Waals surface area contributed by atoms with Crippen molar-refractivity contribution in [2.24, 2.45) is 0 Å². The molecule has 1 aromatic rings. The van der Waals surface area contributed by atoms with E-state index in [1.807, 2.05) is 0 Å². The van der Waals surface area contributed by atoms with Gasteiger partial charge >= 0.3 is 18.3 Å². The average molecular weight is 265 g/mol. The molecule has 1 rings (SSSR count). The van der Waals surface area contributed by atoms with Crippen molar-refractivity contribution in [3.05, 3.63) is 33.6 Å². The van der Waals surface area contributed by atoms with Crippen molar-refractivity contribution in [3.63, 3.8) is 0 Å². The summed E-state index contributed by atoms with van der Waals surface area (Å²) in [7, 11) is 0. The van der Waals surface area contributed by atoms with E-state index < -0.39 is 46.7 Å². The SMILES string of the molecule is O=C(O)Cc1cc(OC(F)F)c([N+](=O)[O-])cc1F. The van der Waals surface area contributed by atoms with Crippen LogP contribution in [0.25, 0.3) is 0 Å². The fourth-order valence-corrected chi connectivity index (χ4v) is 1.22. The van der Waals surface area contributed by atoms with Crippen LogP contribution < -0.4 is 4.74 Å². The van der Waals surface area contributed by atoms with E-state index in [9.17, 15) is 28.1 Å². The van der Waals surface area contributed by atoms with Crippen molar-refractivity contribution >= 4 is 11.7 Å². The van der Waals surface area contributed by atoms with Crippen LogP contribution in [0.4, 0.5) is 18.9 Å². The second-order valence-electron chi connectivity index (χ2n) is 3.12. The number of alkyl halides is 2. The third kappa shape index (κ3) is 3.34. The number of carboxylic acids is 1. The van der Waals surface area contributed by atoms with Crippen molar-refractivity contribution in [1.29, 1.82) is 0 Å². The Kier molecular flexibility index (Phi) is 4.08. The highest BCUT2D eigenvalue weighted by Crippen LogP contribution is 2.31. The van der Waals surface area contributed by atoms with Crippen LogP contribution in [0.5, 0.6) is 5.75 Å². The summed E-state index contributed by atoms with van der Waals surface area (Å²) in [4.78, 5) is 19.8. The van der Waals surface area contributed by atoms with Crippen LogP contribution in [-0.4, -0.2) is 22.6 Å². The van der Waals surface area contributed by atoms with E-state index in [-0.39, 0.29) is 0 Å². The number of benzene rings is 1. The molecule has 0 heterocycles. The van der Waals surface area contributed by atoms with Crippen LogP contribution >= 0.6 is 0 Å². The summed E-state index contributed by atoms with van der Waals surface area (Å²) in [6, 6.07) is 0.920. The van der Waals surface area contributed by atoms with Gasteiger partial charge in [-0.3, -0.25) is 14.9 Å². The van der Waals surface area contributed by atoms with Gasteiger partial charge in [-0.25, -0.2) is 4.39 Å². The van der Waals surface area contributed by atoms with Crippen molar-refractivity contribution in [3.8, 4) is 5.75 Å². The summed E-state index contributed by atoms with van der Waals surface area (Å²) in [5.41, 5.74) is -1.48. The van der Waals surface area contributed by atoms with E-state index >= 15 is 0 Å². The quantitative estimate of drug-likeness (QED) is 0.649. The molecule has 98 valence electrons. The zero-order valence-electron chi connectivity index (χ0n) is 8.60. The lowest BCUT2D eigenvalue weighted by Crippen LogP contribution is -2.08. The van der Waals surface area contributed by atoms with Gasteiger partial charge in [-0.1, -0.05) is 0 Å². The zero-order chi connectivity index (χ0) is 13.9. The monoisotopic (exact) mass is 265 g/mol. The molecule has 0 radical (unpaired) electrons. The number of ether oxygens (including phenoxy) is 1. The van der Waals surface area contributed by atoms with E-state index in [1.54, 1.807) is 0 Å². The molecule has 0 saturated heterocycles. The number of halogens is 3. The van der Waals surface area contributed by atoms with Crippen LogP contribution in [0, 0.1) is 15.9 Å². The molecule has 0 saturated carbocycles. The van der Waals surface area contributed by atoms with Crippen molar-refractivity contribution in [2.75, 3.05) is 0 Å². The first kappa shape index (κ1) is 13.7. The molecule has 6 nitrogen and oxygen atoms in total. The smallest absolute Gasteiger partial charge is 0.387 e. The molecular formula is C9H6F3NO5. The second kappa shape index (κ2) is 5.34. The maximum atomic E-state index is 13.3. The van der Waals surface area contributed by atoms with Crippen LogP contribution in [0.3, 0.4) is 0 Å². The Hall–Kier alpha value is -2.32. The minimum atomic E-state index is -3.34. The molecular weight excluding hydrogens is 259 g/mol. The summed E-state index contributed by atoms with van der Waals surface area (Å²) in [5.74, 6) is -3.47. The molecule has 0 aliphatic carbocycles. The Morgan fingerprint density at radius 2 is 2.11 bits per heavy atom. The van der Waals surface area contributed by atoms with Crippen molar-refractivity contribution in [1.82, 2.24) is 0 Å². The Morgan fingerprint density at radius 3 is 2.56 bits per heavy atom. The summed E-state index contributed by atoms with van der Waals surface area (Å²) in [6.07, 6.45) is -0.802. The van der Waals surface area contributed by atoms with Crippen LogP contribution in [-0.2, 0) is 11.2 Å². The van der Waals surface area contributed by atoms with Gasteiger partial charge < -0.3 is 9.84 Å². The largest absolute Gasteiger partial charge is 0.481 e. The lowest BCUT2D eigenvalue weighted by atomic mass is 10.1. The molecule has 0 unspecified atom stereocenters. The molecule has 0 bridgehead atoms. The Bertz CT molecular complexity index is 491. The predicted molar refractivity (Wildman–Crippen MR) is 51.0 cm³/mol. The maximum absolute atomic E-state index is 13.3. The number of aliphatic carboxylic acids is 1. The van der Waals surface area contributed by atoms with E-state index in [2.05, 4.69) is 4.74 Å². The zero-order valence-corrected chi connectivity index (χ0v) is 8.60. The van der Waals surface area contributed by atoms with E-state index in [0.29, 0.717) is 12.1 Å².